The number of aryl methyl sites for hydroxylation is 1. The van der Waals surface area contributed by atoms with Crippen LogP contribution in [0.3, 0.4) is 0 Å². The lowest BCUT2D eigenvalue weighted by Gasteiger charge is -2.35. The second-order valence-corrected chi connectivity index (χ2v) is 9.49. The summed E-state index contributed by atoms with van der Waals surface area (Å²) < 4.78 is 7.98. The average Bonchev–Trinajstić information content (AvgIpc) is 3.24. The van der Waals surface area contributed by atoms with E-state index in [2.05, 4.69) is 82.4 Å². The van der Waals surface area contributed by atoms with Crippen LogP contribution in [0.4, 0.5) is 6.01 Å². The maximum Gasteiger partial charge on any atom is 0.324 e. The Morgan fingerprint density at radius 3 is 2.24 bits per heavy atom. The highest BCUT2D eigenvalue weighted by Crippen LogP contribution is 2.32. The SMILES string of the molecule is C=S(c1ccc(C(C)C)cc1)N1CCN(c2nc(-c3ccc(C)cc3)no2)CC1. The lowest BCUT2D eigenvalue weighted by atomic mass is 10.0. The first-order valence-electron chi connectivity index (χ1n) is 10.1. The van der Waals surface area contributed by atoms with E-state index in [1.807, 2.05) is 12.1 Å². The second kappa shape index (κ2) is 8.51. The molecule has 1 saturated heterocycles. The highest BCUT2D eigenvalue weighted by Gasteiger charge is 2.23. The van der Waals surface area contributed by atoms with Gasteiger partial charge in [-0.05, 0) is 30.5 Å². The molecule has 2 heterocycles. The average molecular weight is 409 g/mol. The molecule has 1 aliphatic rings. The minimum absolute atomic E-state index is 0.149. The third kappa shape index (κ3) is 4.43. The van der Waals surface area contributed by atoms with Crippen LogP contribution in [0.2, 0.25) is 0 Å². The van der Waals surface area contributed by atoms with Crippen molar-refractivity contribution in [2.24, 2.45) is 0 Å². The van der Waals surface area contributed by atoms with Crippen LogP contribution in [0, 0.1) is 6.92 Å². The Hall–Kier alpha value is -2.44. The third-order valence-corrected chi connectivity index (χ3v) is 7.17. The van der Waals surface area contributed by atoms with Gasteiger partial charge in [0.2, 0.25) is 5.82 Å². The van der Waals surface area contributed by atoms with E-state index in [1.165, 1.54) is 16.0 Å². The van der Waals surface area contributed by atoms with Crippen molar-refractivity contribution in [1.82, 2.24) is 14.4 Å². The first-order chi connectivity index (χ1) is 14.0. The fraction of sp³-hybridized carbons (Fsp3) is 0.348. The van der Waals surface area contributed by atoms with Gasteiger partial charge in [0.25, 0.3) is 0 Å². The Balaban J connectivity index is 1.38. The minimum atomic E-state index is -0.149. The standard InChI is InChI=1S/C23H28N4OS/c1-17(2)19-9-11-21(12-10-19)29(4)27-15-13-26(14-16-27)23-24-22(25-28-23)20-7-5-18(3)6-8-20/h5-12,17H,4,13-16H2,1-3H3. The molecule has 1 fully saturated rings. The van der Waals surface area contributed by atoms with Crippen LogP contribution in [0.25, 0.3) is 11.4 Å². The number of anilines is 1. The number of hydrogen-bond donors (Lipinski definition) is 0. The van der Waals surface area contributed by atoms with Crippen molar-refractivity contribution in [1.29, 1.82) is 0 Å². The van der Waals surface area contributed by atoms with Crippen LogP contribution < -0.4 is 4.90 Å². The molecule has 0 spiro atoms. The Kier molecular flexibility index (Phi) is 5.83. The van der Waals surface area contributed by atoms with Crippen LogP contribution >= 0.6 is 10.7 Å². The molecule has 1 atom stereocenters. The molecule has 1 unspecified atom stereocenters. The summed E-state index contributed by atoms with van der Waals surface area (Å²) in [7, 11) is -0.149. The van der Waals surface area contributed by atoms with Crippen molar-refractivity contribution in [3.05, 3.63) is 59.7 Å². The molecule has 0 saturated carbocycles. The van der Waals surface area contributed by atoms with Crippen LogP contribution in [-0.2, 0) is 0 Å². The van der Waals surface area contributed by atoms with E-state index in [-0.39, 0.29) is 10.7 Å². The summed E-state index contributed by atoms with van der Waals surface area (Å²) >= 11 is 0. The van der Waals surface area contributed by atoms with Gasteiger partial charge in [-0.15, -0.1) is 0 Å². The molecule has 5 nitrogen and oxygen atoms in total. The van der Waals surface area contributed by atoms with Crippen LogP contribution in [-0.4, -0.2) is 46.5 Å². The van der Waals surface area contributed by atoms with E-state index in [0.717, 1.165) is 31.7 Å². The number of rotatable bonds is 5. The van der Waals surface area contributed by atoms with Crippen LogP contribution in [0.5, 0.6) is 0 Å². The van der Waals surface area contributed by atoms with Gasteiger partial charge in [-0.2, -0.15) is 4.98 Å². The molecule has 29 heavy (non-hydrogen) atoms. The van der Waals surface area contributed by atoms with Crippen LogP contribution in [0.1, 0.15) is 30.9 Å². The molecule has 0 bridgehead atoms. The van der Waals surface area contributed by atoms with Crippen LogP contribution in [0.15, 0.2) is 57.9 Å². The van der Waals surface area contributed by atoms with E-state index in [0.29, 0.717) is 17.8 Å². The molecule has 1 aliphatic heterocycles. The van der Waals surface area contributed by atoms with Gasteiger partial charge in [0, 0.05) is 36.6 Å². The zero-order valence-corrected chi connectivity index (χ0v) is 18.2. The second-order valence-electron chi connectivity index (χ2n) is 7.77. The number of nitrogens with zero attached hydrogens (tertiary/aromatic N) is 4. The number of benzene rings is 2. The van der Waals surface area contributed by atoms with Crippen molar-refractivity contribution in [2.75, 3.05) is 31.1 Å². The maximum absolute atomic E-state index is 5.54. The zero-order chi connectivity index (χ0) is 20.4. The molecule has 3 aromatic rings. The van der Waals surface area contributed by atoms with Gasteiger partial charge in [-0.3, -0.25) is 0 Å². The van der Waals surface area contributed by atoms with E-state index >= 15 is 0 Å². The molecule has 2 aromatic carbocycles. The number of piperazine rings is 1. The van der Waals surface area contributed by atoms with Crippen molar-refractivity contribution >= 4 is 22.6 Å². The number of hydrogen-bond acceptors (Lipinski definition) is 5. The predicted molar refractivity (Wildman–Crippen MR) is 122 cm³/mol. The highest BCUT2D eigenvalue weighted by atomic mass is 32.2. The van der Waals surface area contributed by atoms with Gasteiger partial charge in [-0.25, -0.2) is 4.31 Å². The molecular weight excluding hydrogens is 380 g/mol. The molecule has 6 heteroatoms. The Labute approximate surface area is 175 Å². The summed E-state index contributed by atoms with van der Waals surface area (Å²) in [6.45, 7) is 10.1. The van der Waals surface area contributed by atoms with Crippen molar-refractivity contribution < 1.29 is 4.52 Å². The molecular formula is C23H28N4OS. The van der Waals surface area contributed by atoms with E-state index in [4.69, 9.17) is 4.52 Å². The smallest absolute Gasteiger partial charge is 0.322 e. The van der Waals surface area contributed by atoms with Gasteiger partial charge >= 0.3 is 6.01 Å². The normalized spacial score (nSPS) is 16.3. The Morgan fingerprint density at radius 2 is 1.62 bits per heavy atom. The number of aromatic nitrogens is 2. The summed E-state index contributed by atoms with van der Waals surface area (Å²) in [4.78, 5) is 8.07. The molecule has 0 radical (unpaired) electrons. The summed E-state index contributed by atoms with van der Waals surface area (Å²) in [6.07, 6.45) is 0. The van der Waals surface area contributed by atoms with E-state index in [1.54, 1.807) is 0 Å². The van der Waals surface area contributed by atoms with Gasteiger partial charge < -0.3 is 9.42 Å². The van der Waals surface area contributed by atoms with Crippen molar-refractivity contribution in [3.8, 4) is 11.4 Å². The van der Waals surface area contributed by atoms with Gasteiger partial charge in [0.1, 0.15) is 0 Å². The highest BCUT2D eigenvalue weighted by molar-refractivity contribution is 8.12. The molecule has 4 rings (SSSR count). The monoisotopic (exact) mass is 408 g/mol. The largest absolute Gasteiger partial charge is 0.324 e. The van der Waals surface area contributed by atoms with Crippen molar-refractivity contribution in [3.63, 3.8) is 0 Å². The van der Waals surface area contributed by atoms with E-state index in [9.17, 15) is 0 Å². The maximum atomic E-state index is 5.54. The predicted octanol–water partition coefficient (Wildman–Crippen LogP) is 4.97. The third-order valence-electron chi connectivity index (χ3n) is 5.36. The van der Waals surface area contributed by atoms with Gasteiger partial charge in [0.15, 0.2) is 0 Å². The summed E-state index contributed by atoms with van der Waals surface area (Å²) in [5.74, 6) is 5.64. The summed E-state index contributed by atoms with van der Waals surface area (Å²) in [5, 5.41) is 4.16. The summed E-state index contributed by atoms with van der Waals surface area (Å²) in [6, 6.07) is 17.7. The van der Waals surface area contributed by atoms with Crippen molar-refractivity contribution in [2.45, 2.75) is 31.6 Å². The molecule has 152 valence electrons. The first-order valence-corrected chi connectivity index (χ1v) is 11.4. The Bertz CT molecular complexity index is 971. The molecule has 1 aromatic heterocycles. The topological polar surface area (TPSA) is 45.4 Å². The van der Waals surface area contributed by atoms with E-state index < -0.39 is 0 Å². The first kappa shape index (κ1) is 19.9. The quantitative estimate of drug-likeness (QED) is 0.558. The van der Waals surface area contributed by atoms with Gasteiger partial charge in [0.05, 0.1) is 0 Å². The fourth-order valence-corrected chi connectivity index (χ4v) is 4.77. The minimum Gasteiger partial charge on any atom is -0.322 e. The molecule has 0 amide bonds. The zero-order valence-electron chi connectivity index (χ0n) is 17.3. The molecule has 0 aliphatic carbocycles. The summed E-state index contributed by atoms with van der Waals surface area (Å²) in [5.41, 5.74) is 3.57. The lowest BCUT2D eigenvalue weighted by Crippen LogP contribution is -2.44. The Morgan fingerprint density at radius 1 is 0.966 bits per heavy atom. The van der Waals surface area contributed by atoms with Gasteiger partial charge in [-0.1, -0.05) is 77.5 Å². The molecule has 0 N–H and O–H groups in total. The lowest BCUT2D eigenvalue weighted by molar-refractivity contribution is 0.374. The fourth-order valence-electron chi connectivity index (χ4n) is 3.42.